The molecule has 180 valence electrons. The highest BCUT2D eigenvalue weighted by Crippen LogP contribution is 2.44. The van der Waals surface area contributed by atoms with Gasteiger partial charge >= 0.3 is 12.1 Å². The fourth-order valence-electron chi connectivity index (χ4n) is 4.99. The van der Waals surface area contributed by atoms with E-state index in [4.69, 9.17) is 4.74 Å². The van der Waals surface area contributed by atoms with Crippen molar-refractivity contribution in [2.75, 3.05) is 13.2 Å². The number of nitrogens with zero attached hydrogens (tertiary/aromatic N) is 2. The van der Waals surface area contributed by atoms with Crippen molar-refractivity contribution in [3.63, 3.8) is 0 Å². The number of aliphatic carboxylic acids is 1. The van der Waals surface area contributed by atoms with Crippen LogP contribution < -0.4 is 5.32 Å². The number of ether oxygens (including phenoxy) is 1. The quantitative estimate of drug-likeness (QED) is 0.537. The molecule has 2 aromatic carbocycles. The summed E-state index contributed by atoms with van der Waals surface area (Å²) < 4.78 is 5.54. The second kappa shape index (κ2) is 9.50. The van der Waals surface area contributed by atoms with Crippen LogP contribution in [0.4, 0.5) is 4.79 Å². The number of fused-ring (bicyclic) bond motifs is 3. The van der Waals surface area contributed by atoms with Gasteiger partial charge in [-0.1, -0.05) is 48.5 Å². The van der Waals surface area contributed by atoms with Crippen LogP contribution in [0.15, 0.2) is 53.9 Å². The van der Waals surface area contributed by atoms with Crippen LogP contribution in [0, 0.1) is 5.92 Å². The molecule has 8 nitrogen and oxygen atoms in total. The third kappa shape index (κ3) is 4.39. The number of alkyl carbamates (subject to hydrolysis) is 1. The van der Waals surface area contributed by atoms with Crippen LogP contribution in [0.3, 0.4) is 0 Å². The Kier molecular flexibility index (Phi) is 6.25. The number of carbonyl (C=O) groups excluding carboxylic acids is 2. The highest BCUT2D eigenvalue weighted by molar-refractivity contribution is 7.09. The normalized spacial score (nSPS) is 18.7. The van der Waals surface area contributed by atoms with Crippen molar-refractivity contribution in [3.8, 4) is 11.1 Å². The molecule has 0 radical (unpaired) electrons. The fraction of sp³-hybridized carbons (Fsp3) is 0.308. The molecule has 35 heavy (non-hydrogen) atoms. The molecule has 1 aromatic heterocycles. The van der Waals surface area contributed by atoms with Gasteiger partial charge in [0.2, 0.25) is 0 Å². The monoisotopic (exact) mass is 491 g/mol. The first-order valence-corrected chi connectivity index (χ1v) is 12.4. The second-order valence-electron chi connectivity index (χ2n) is 8.78. The minimum Gasteiger partial charge on any atom is -0.481 e. The predicted octanol–water partition coefficient (Wildman–Crippen LogP) is 4.12. The number of hydrogen-bond donors (Lipinski definition) is 2. The number of carboxylic acid groups (broad SMARTS) is 1. The Morgan fingerprint density at radius 2 is 1.77 bits per heavy atom. The topological polar surface area (TPSA) is 109 Å². The van der Waals surface area contributed by atoms with E-state index in [9.17, 15) is 19.5 Å². The Morgan fingerprint density at radius 3 is 2.40 bits per heavy atom. The molecule has 2 atom stereocenters. The number of carbonyl (C=O) groups is 3. The first-order chi connectivity index (χ1) is 16.9. The van der Waals surface area contributed by atoms with Crippen LogP contribution in [0.1, 0.15) is 45.9 Å². The fourth-order valence-corrected chi connectivity index (χ4v) is 5.70. The standard InChI is InChI=1S/C26H25N3O5S/c1-15-16(25(31)32)10-11-29(15)24(30)22-14-35-23(28-22)12-27-26(33)34-13-21-19-8-4-2-6-17(19)18-7-3-5-9-20(18)21/h2-9,14-16,21H,10-13H2,1H3,(H,27,33)(H,31,32). The van der Waals surface area contributed by atoms with E-state index < -0.39 is 18.0 Å². The molecule has 0 saturated carbocycles. The predicted molar refractivity (Wildman–Crippen MR) is 130 cm³/mol. The van der Waals surface area contributed by atoms with Gasteiger partial charge in [-0.15, -0.1) is 11.3 Å². The molecule has 2 amide bonds. The molecule has 1 aliphatic heterocycles. The summed E-state index contributed by atoms with van der Waals surface area (Å²) in [4.78, 5) is 42.4. The summed E-state index contributed by atoms with van der Waals surface area (Å²) in [5.41, 5.74) is 4.88. The average Bonchev–Trinajstić information content (AvgIpc) is 3.57. The van der Waals surface area contributed by atoms with Crippen LogP contribution in [0.5, 0.6) is 0 Å². The molecule has 1 saturated heterocycles. The minimum absolute atomic E-state index is 0.0192. The Balaban J connectivity index is 1.16. The van der Waals surface area contributed by atoms with Crippen LogP contribution in [-0.2, 0) is 16.1 Å². The van der Waals surface area contributed by atoms with Crippen molar-refractivity contribution in [2.45, 2.75) is 31.8 Å². The number of nitrogens with one attached hydrogen (secondary N) is 1. The van der Waals surface area contributed by atoms with Gasteiger partial charge in [0.15, 0.2) is 0 Å². The van der Waals surface area contributed by atoms with Crippen LogP contribution in [0.2, 0.25) is 0 Å². The molecule has 2 unspecified atom stereocenters. The first-order valence-electron chi connectivity index (χ1n) is 11.5. The molecule has 2 N–H and O–H groups in total. The van der Waals surface area contributed by atoms with E-state index in [1.165, 1.54) is 22.5 Å². The van der Waals surface area contributed by atoms with Gasteiger partial charge in [0.25, 0.3) is 5.91 Å². The zero-order chi connectivity index (χ0) is 24.5. The zero-order valence-electron chi connectivity index (χ0n) is 19.1. The molecule has 2 heterocycles. The molecule has 3 aromatic rings. The van der Waals surface area contributed by atoms with Gasteiger partial charge < -0.3 is 20.1 Å². The van der Waals surface area contributed by atoms with E-state index in [2.05, 4.69) is 34.6 Å². The Bertz CT molecular complexity index is 1240. The number of rotatable bonds is 6. The highest BCUT2D eigenvalue weighted by Gasteiger charge is 2.39. The van der Waals surface area contributed by atoms with Crippen molar-refractivity contribution in [3.05, 3.63) is 75.7 Å². The summed E-state index contributed by atoms with van der Waals surface area (Å²) >= 11 is 1.27. The second-order valence-corrected chi connectivity index (χ2v) is 9.72. The van der Waals surface area contributed by atoms with Crippen molar-refractivity contribution in [1.82, 2.24) is 15.2 Å². The average molecular weight is 492 g/mol. The summed E-state index contributed by atoms with van der Waals surface area (Å²) in [5, 5.41) is 14.2. The Labute approximate surface area is 206 Å². The van der Waals surface area contributed by atoms with Crippen LogP contribution in [-0.4, -0.2) is 52.2 Å². The van der Waals surface area contributed by atoms with Gasteiger partial charge in [0, 0.05) is 23.9 Å². The summed E-state index contributed by atoms with van der Waals surface area (Å²) in [6.45, 7) is 2.50. The summed E-state index contributed by atoms with van der Waals surface area (Å²) in [7, 11) is 0. The van der Waals surface area contributed by atoms with Crippen molar-refractivity contribution in [2.24, 2.45) is 5.92 Å². The number of carboxylic acids is 1. The number of aromatic nitrogens is 1. The van der Waals surface area contributed by atoms with Gasteiger partial charge in [-0.2, -0.15) is 0 Å². The largest absolute Gasteiger partial charge is 0.481 e. The highest BCUT2D eigenvalue weighted by atomic mass is 32.1. The number of hydrogen-bond acceptors (Lipinski definition) is 6. The lowest BCUT2D eigenvalue weighted by Crippen LogP contribution is -2.37. The summed E-state index contributed by atoms with van der Waals surface area (Å²) in [6.07, 6.45) is -0.116. The summed E-state index contributed by atoms with van der Waals surface area (Å²) in [5.74, 6) is -1.76. The Hall–Kier alpha value is -3.72. The maximum Gasteiger partial charge on any atom is 0.407 e. The van der Waals surface area contributed by atoms with Gasteiger partial charge in [0.1, 0.15) is 17.3 Å². The third-order valence-corrected chi connectivity index (χ3v) is 7.68. The van der Waals surface area contributed by atoms with E-state index in [0.717, 1.165) is 11.1 Å². The van der Waals surface area contributed by atoms with E-state index in [1.807, 2.05) is 24.3 Å². The molecule has 1 aliphatic carbocycles. The first kappa shape index (κ1) is 23.0. The maximum atomic E-state index is 12.8. The lowest BCUT2D eigenvalue weighted by molar-refractivity contribution is -0.142. The van der Waals surface area contributed by atoms with Crippen LogP contribution >= 0.6 is 11.3 Å². The van der Waals surface area contributed by atoms with E-state index in [1.54, 1.807) is 17.2 Å². The summed E-state index contributed by atoms with van der Waals surface area (Å²) in [6, 6.07) is 15.9. The zero-order valence-corrected chi connectivity index (χ0v) is 20.0. The molecule has 1 fully saturated rings. The van der Waals surface area contributed by atoms with E-state index in [-0.39, 0.29) is 36.7 Å². The maximum absolute atomic E-state index is 12.8. The van der Waals surface area contributed by atoms with Gasteiger partial charge in [-0.05, 0) is 35.6 Å². The SMILES string of the molecule is CC1C(C(=O)O)CCN1C(=O)c1csc(CNC(=O)OCC2c3ccccc3-c3ccccc32)n1. The molecule has 0 bridgehead atoms. The van der Waals surface area contributed by atoms with Crippen molar-refractivity contribution < 1.29 is 24.2 Å². The molecular weight excluding hydrogens is 466 g/mol. The number of benzene rings is 2. The molecule has 9 heteroatoms. The smallest absolute Gasteiger partial charge is 0.407 e. The van der Waals surface area contributed by atoms with Gasteiger partial charge in [-0.3, -0.25) is 9.59 Å². The minimum atomic E-state index is -0.890. The Morgan fingerprint density at radius 1 is 1.11 bits per heavy atom. The molecular formula is C26H25N3O5S. The van der Waals surface area contributed by atoms with E-state index >= 15 is 0 Å². The third-order valence-electron chi connectivity index (χ3n) is 6.83. The molecule has 2 aliphatic rings. The van der Waals surface area contributed by atoms with E-state index in [0.29, 0.717) is 18.0 Å². The lowest BCUT2D eigenvalue weighted by atomic mass is 9.98. The van der Waals surface area contributed by atoms with Gasteiger partial charge in [0.05, 0.1) is 12.5 Å². The molecule has 5 rings (SSSR count). The lowest BCUT2D eigenvalue weighted by Gasteiger charge is -2.22. The van der Waals surface area contributed by atoms with Gasteiger partial charge in [-0.25, -0.2) is 9.78 Å². The van der Waals surface area contributed by atoms with Crippen molar-refractivity contribution >= 4 is 29.3 Å². The number of likely N-dealkylation sites (tertiary alicyclic amines) is 1. The van der Waals surface area contributed by atoms with Crippen LogP contribution in [0.25, 0.3) is 11.1 Å². The van der Waals surface area contributed by atoms with Crippen molar-refractivity contribution in [1.29, 1.82) is 0 Å². The number of amides is 2. The molecule has 0 spiro atoms. The number of thiazole rings is 1.